The second-order valence-electron chi connectivity index (χ2n) is 4.61. The zero-order valence-corrected chi connectivity index (χ0v) is 9.90. The molecule has 3 amide bonds. The Morgan fingerprint density at radius 3 is 2.47 bits per heavy atom. The number of nitrogens with zero attached hydrogens (tertiary/aromatic N) is 1. The fourth-order valence-corrected chi connectivity index (χ4v) is 1.70. The third-order valence-corrected chi connectivity index (χ3v) is 2.80. The van der Waals surface area contributed by atoms with Crippen LogP contribution in [-0.4, -0.2) is 46.0 Å². The minimum Gasteiger partial charge on any atom is -0.480 e. The third kappa shape index (κ3) is 2.86. The van der Waals surface area contributed by atoms with Crippen molar-refractivity contribution in [3.63, 3.8) is 0 Å². The molecule has 0 aromatic rings. The molecular weight excluding hydrogens is 226 g/mol. The molecule has 0 spiro atoms. The Morgan fingerprint density at radius 2 is 2.00 bits per heavy atom. The van der Waals surface area contributed by atoms with Crippen molar-refractivity contribution >= 4 is 17.9 Å². The average molecular weight is 243 g/mol. The first kappa shape index (κ1) is 13.3. The van der Waals surface area contributed by atoms with Crippen LogP contribution in [0.4, 0.5) is 4.79 Å². The van der Waals surface area contributed by atoms with Crippen LogP contribution in [0.2, 0.25) is 0 Å². The number of nitrogens with two attached hydrogens (primary N) is 1. The SMILES string of the molecule is CC(C)(NC(=O)N1CCCC1C(N)=O)C(=O)O. The molecule has 4 N–H and O–H groups in total. The lowest BCUT2D eigenvalue weighted by atomic mass is 10.1. The number of rotatable bonds is 3. The molecule has 1 atom stereocenters. The maximum absolute atomic E-state index is 11.8. The van der Waals surface area contributed by atoms with E-state index < -0.39 is 29.5 Å². The van der Waals surface area contributed by atoms with Gasteiger partial charge in [-0.05, 0) is 26.7 Å². The summed E-state index contributed by atoms with van der Waals surface area (Å²) in [6, 6.07) is -1.21. The first-order chi connectivity index (χ1) is 7.75. The van der Waals surface area contributed by atoms with E-state index in [-0.39, 0.29) is 0 Å². The van der Waals surface area contributed by atoms with Crippen molar-refractivity contribution in [1.29, 1.82) is 0 Å². The molecule has 0 aromatic heterocycles. The Labute approximate surface area is 98.9 Å². The topological polar surface area (TPSA) is 113 Å². The van der Waals surface area contributed by atoms with Gasteiger partial charge >= 0.3 is 12.0 Å². The third-order valence-electron chi connectivity index (χ3n) is 2.80. The highest BCUT2D eigenvalue weighted by atomic mass is 16.4. The normalized spacial score (nSPS) is 20.1. The van der Waals surface area contributed by atoms with E-state index in [4.69, 9.17) is 10.8 Å². The molecule has 1 aliphatic rings. The number of primary amides is 1. The van der Waals surface area contributed by atoms with Gasteiger partial charge in [0.1, 0.15) is 11.6 Å². The molecule has 96 valence electrons. The predicted molar refractivity (Wildman–Crippen MR) is 59.2 cm³/mol. The molecule has 0 aromatic carbocycles. The number of carboxylic acid groups (broad SMARTS) is 1. The molecule has 0 bridgehead atoms. The number of carbonyl (C=O) groups excluding carboxylic acids is 2. The maximum atomic E-state index is 11.8. The Morgan fingerprint density at radius 1 is 1.41 bits per heavy atom. The molecule has 1 aliphatic heterocycles. The molecule has 7 nitrogen and oxygen atoms in total. The fraction of sp³-hybridized carbons (Fsp3) is 0.700. The van der Waals surface area contributed by atoms with Crippen LogP contribution in [0.3, 0.4) is 0 Å². The van der Waals surface area contributed by atoms with E-state index in [1.807, 2.05) is 0 Å². The molecule has 7 heteroatoms. The van der Waals surface area contributed by atoms with Crippen molar-refractivity contribution in [2.24, 2.45) is 5.73 Å². The van der Waals surface area contributed by atoms with Crippen LogP contribution in [0.5, 0.6) is 0 Å². The zero-order valence-electron chi connectivity index (χ0n) is 9.90. The highest BCUT2D eigenvalue weighted by Crippen LogP contribution is 2.17. The molecular formula is C10H17N3O4. The van der Waals surface area contributed by atoms with Gasteiger partial charge in [0.25, 0.3) is 0 Å². The standard InChI is InChI=1S/C10H17N3O4/c1-10(2,8(15)16)12-9(17)13-5-3-4-6(13)7(11)14/h6H,3-5H2,1-2H3,(H2,11,14)(H,12,17)(H,15,16). The average Bonchev–Trinajstić information content (AvgIpc) is 2.64. The minimum absolute atomic E-state index is 0.412. The number of hydrogen-bond donors (Lipinski definition) is 3. The van der Waals surface area contributed by atoms with Gasteiger partial charge in [0.2, 0.25) is 5.91 Å². The Balaban J connectivity index is 2.71. The molecule has 1 heterocycles. The minimum atomic E-state index is -1.37. The van der Waals surface area contributed by atoms with Crippen LogP contribution in [0.15, 0.2) is 0 Å². The van der Waals surface area contributed by atoms with Crippen molar-refractivity contribution in [2.75, 3.05) is 6.54 Å². The van der Waals surface area contributed by atoms with Gasteiger partial charge in [-0.15, -0.1) is 0 Å². The Bertz CT molecular complexity index is 353. The van der Waals surface area contributed by atoms with Gasteiger partial charge in [0, 0.05) is 6.54 Å². The van der Waals surface area contributed by atoms with Crippen molar-refractivity contribution in [3.8, 4) is 0 Å². The van der Waals surface area contributed by atoms with Crippen LogP contribution in [0.25, 0.3) is 0 Å². The molecule has 1 fully saturated rings. The van der Waals surface area contributed by atoms with Crippen LogP contribution in [-0.2, 0) is 9.59 Å². The van der Waals surface area contributed by atoms with Gasteiger partial charge in [-0.1, -0.05) is 0 Å². The van der Waals surface area contributed by atoms with E-state index in [0.29, 0.717) is 19.4 Å². The first-order valence-corrected chi connectivity index (χ1v) is 5.37. The number of carboxylic acids is 1. The summed E-state index contributed by atoms with van der Waals surface area (Å²) in [5, 5.41) is 11.2. The van der Waals surface area contributed by atoms with Crippen molar-refractivity contribution in [1.82, 2.24) is 10.2 Å². The first-order valence-electron chi connectivity index (χ1n) is 5.37. The monoisotopic (exact) mass is 243 g/mol. The number of amides is 3. The van der Waals surface area contributed by atoms with Gasteiger partial charge in [0.05, 0.1) is 0 Å². The molecule has 0 radical (unpaired) electrons. The Kier molecular flexibility index (Phi) is 3.59. The molecule has 1 rings (SSSR count). The van der Waals surface area contributed by atoms with Gasteiger partial charge in [-0.25, -0.2) is 9.59 Å². The van der Waals surface area contributed by atoms with Crippen molar-refractivity contribution in [2.45, 2.75) is 38.3 Å². The van der Waals surface area contributed by atoms with Crippen molar-refractivity contribution < 1.29 is 19.5 Å². The largest absolute Gasteiger partial charge is 0.480 e. The van der Waals surface area contributed by atoms with Crippen LogP contribution < -0.4 is 11.1 Å². The number of hydrogen-bond acceptors (Lipinski definition) is 3. The van der Waals surface area contributed by atoms with E-state index in [9.17, 15) is 14.4 Å². The summed E-state index contributed by atoms with van der Waals surface area (Å²) < 4.78 is 0. The predicted octanol–water partition coefficient (Wildman–Crippen LogP) is -0.491. The van der Waals surface area contributed by atoms with Crippen LogP contribution >= 0.6 is 0 Å². The summed E-state index contributed by atoms with van der Waals surface area (Å²) in [5.74, 6) is -1.70. The van der Waals surface area contributed by atoms with Gasteiger partial charge < -0.3 is 21.1 Å². The van der Waals surface area contributed by atoms with E-state index in [1.165, 1.54) is 18.7 Å². The number of urea groups is 1. The summed E-state index contributed by atoms with van der Waals surface area (Å²) in [7, 11) is 0. The molecule has 1 unspecified atom stereocenters. The number of nitrogens with one attached hydrogen (secondary N) is 1. The summed E-state index contributed by atoms with van der Waals surface area (Å²) >= 11 is 0. The van der Waals surface area contributed by atoms with Gasteiger partial charge in [-0.2, -0.15) is 0 Å². The number of carbonyl (C=O) groups is 3. The van der Waals surface area contributed by atoms with E-state index in [2.05, 4.69) is 5.32 Å². The molecule has 1 saturated heterocycles. The highest BCUT2D eigenvalue weighted by molar-refractivity contribution is 5.89. The lowest BCUT2D eigenvalue weighted by Crippen LogP contribution is -2.56. The second-order valence-corrected chi connectivity index (χ2v) is 4.61. The maximum Gasteiger partial charge on any atom is 0.328 e. The van der Waals surface area contributed by atoms with Crippen LogP contribution in [0, 0.1) is 0 Å². The lowest BCUT2D eigenvalue weighted by molar-refractivity contribution is -0.143. The smallest absolute Gasteiger partial charge is 0.328 e. The number of aliphatic carboxylic acids is 1. The Hall–Kier alpha value is -1.79. The number of likely N-dealkylation sites (tertiary alicyclic amines) is 1. The zero-order chi connectivity index (χ0) is 13.2. The fourth-order valence-electron chi connectivity index (χ4n) is 1.70. The lowest BCUT2D eigenvalue weighted by Gasteiger charge is -2.28. The van der Waals surface area contributed by atoms with E-state index in [0.717, 1.165) is 0 Å². The summed E-state index contributed by atoms with van der Waals surface area (Å²) in [6.07, 6.45) is 1.21. The summed E-state index contributed by atoms with van der Waals surface area (Å²) in [4.78, 5) is 35.1. The van der Waals surface area contributed by atoms with E-state index >= 15 is 0 Å². The molecule has 0 aliphatic carbocycles. The molecule has 17 heavy (non-hydrogen) atoms. The molecule has 0 saturated carbocycles. The van der Waals surface area contributed by atoms with E-state index in [1.54, 1.807) is 0 Å². The van der Waals surface area contributed by atoms with Crippen molar-refractivity contribution in [3.05, 3.63) is 0 Å². The summed E-state index contributed by atoms with van der Waals surface area (Å²) in [5.41, 5.74) is 3.80. The quantitative estimate of drug-likeness (QED) is 0.620. The summed E-state index contributed by atoms with van der Waals surface area (Å²) in [6.45, 7) is 3.17. The highest BCUT2D eigenvalue weighted by Gasteiger charge is 2.37. The second kappa shape index (κ2) is 4.60. The van der Waals surface area contributed by atoms with Crippen LogP contribution in [0.1, 0.15) is 26.7 Å². The van der Waals surface area contributed by atoms with Gasteiger partial charge in [0.15, 0.2) is 0 Å². The van der Waals surface area contributed by atoms with Gasteiger partial charge in [-0.3, -0.25) is 4.79 Å².